The molecule has 0 aliphatic heterocycles. The Morgan fingerprint density at radius 2 is 2.60 bits per heavy atom. The average molecular weight is 68.1 g/mol. The van der Waals surface area contributed by atoms with Crippen molar-refractivity contribution in [2.24, 2.45) is 5.92 Å². The molecule has 1 rings (SSSR count). The van der Waals surface area contributed by atoms with Crippen molar-refractivity contribution < 1.29 is 2.74 Å². The van der Waals surface area contributed by atoms with Crippen LogP contribution < -0.4 is 0 Å². The monoisotopic (exact) mass is 68.1 g/mol. The quantitative estimate of drug-likeness (QED) is 0.372. The van der Waals surface area contributed by atoms with E-state index in [1.807, 2.05) is 0 Å². The fourth-order valence-corrected chi connectivity index (χ4v) is 0.167. The van der Waals surface area contributed by atoms with Gasteiger partial charge in [0.15, 0.2) is 0 Å². The van der Waals surface area contributed by atoms with Gasteiger partial charge in [0.1, 0.15) is 0 Å². The van der Waals surface area contributed by atoms with Gasteiger partial charge >= 0.3 is 0 Å². The molecule has 26 valence electrons. The fourth-order valence-electron chi connectivity index (χ4n) is 0.167. The molecule has 0 bridgehead atoms. The largest absolute Gasteiger partial charge is 0.120 e. The van der Waals surface area contributed by atoms with Crippen molar-refractivity contribution in [1.82, 2.24) is 0 Å². The minimum absolute atomic E-state index is 0.0694. The molecule has 5 heavy (non-hydrogen) atoms. The predicted octanol–water partition coefficient (Wildman–Crippen LogP) is 1.03. The van der Waals surface area contributed by atoms with Gasteiger partial charge in [-0.1, -0.05) is 0 Å². The van der Waals surface area contributed by atoms with Crippen LogP contribution >= 0.6 is 0 Å². The summed E-state index contributed by atoms with van der Waals surface area (Å²) in [7, 11) is 0. The third-order valence-electron chi connectivity index (χ3n) is 0.577. The zero-order valence-electron chi connectivity index (χ0n) is 4.81. The minimum atomic E-state index is -0.287. The molecule has 0 radical (unpaired) electrons. The lowest BCUT2D eigenvalue weighted by Crippen LogP contribution is -1.52. The summed E-state index contributed by atoms with van der Waals surface area (Å²) in [5, 5.41) is 0. The molecule has 2 unspecified atom stereocenters. The van der Waals surface area contributed by atoms with E-state index in [-0.39, 0.29) is 18.7 Å². The first-order valence-corrected chi connectivity index (χ1v) is 1.58. The van der Waals surface area contributed by atoms with E-state index >= 15 is 0 Å². The van der Waals surface area contributed by atoms with Crippen molar-refractivity contribution >= 4 is 0 Å². The number of hydrogen-bond donors (Lipinski definition) is 0. The van der Waals surface area contributed by atoms with Gasteiger partial charge in [0, 0.05) is 8.66 Å². The van der Waals surface area contributed by atoms with Crippen LogP contribution in [0.25, 0.3) is 0 Å². The highest BCUT2D eigenvalue weighted by Crippen LogP contribution is 2.26. The van der Waals surface area contributed by atoms with Gasteiger partial charge in [-0.2, -0.15) is 0 Å². The van der Waals surface area contributed by atoms with Crippen molar-refractivity contribution in [2.45, 2.75) is 12.8 Å². The summed E-state index contributed by atoms with van der Waals surface area (Å²) in [6.45, 7) is 0. The molecule has 0 aromatic carbocycles. The summed E-state index contributed by atoms with van der Waals surface area (Å²) in [5.74, 6) is 2.29. The minimum Gasteiger partial charge on any atom is -0.120 e. The van der Waals surface area contributed by atoms with Crippen molar-refractivity contribution in [1.29, 1.82) is 0 Å². The van der Waals surface area contributed by atoms with E-state index in [2.05, 4.69) is 5.92 Å². The SMILES string of the molecule is [2H]C1C([2H])C1C#C. The highest BCUT2D eigenvalue weighted by molar-refractivity contribution is 5.00. The number of hydrogen-bond acceptors (Lipinski definition) is 0. The molecular weight excluding hydrogens is 60.1 g/mol. The Morgan fingerprint density at radius 1 is 2.00 bits per heavy atom. The van der Waals surface area contributed by atoms with Crippen LogP contribution in [0.15, 0.2) is 0 Å². The van der Waals surface area contributed by atoms with Gasteiger partial charge in [-0.25, -0.2) is 0 Å². The number of terminal acetylenes is 1. The summed E-state index contributed by atoms with van der Waals surface area (Å²) in [4.78, 5) is 0. The second-order valence-corrected chi connectivity index (χ2v) is 1.08. The predicted molar refractivity (Wildman–Crippen MR) is 21.6 cm³/mol. The molecule has 1 aliphatic carbocycles. The molecule has 0 heteroatoms. The summed E-state index contributed by atoms with van der Waals surface area (Å²) in [5.41, 5.74) is 0. The Kier molecular flexibility index (Phi) is 0.203. The van der Waals surface area contributed by atoms with E-state index in [4.69, 9.17) is 9.16 Å². The molecule has 2 atom stereocenters. The maximum absolute atomic E-state index is 6.93. The maximum Gasteiger partial charge on any atom is 0.0280 e. The zero-order valence-corrected chi connectivity index (χ0v) is 2.81. The van der Waals surface area contributed by atoms with Crippen molar-refractivity contribution in [3.63, 3.8) is 0 Å². The molecular formula is C5H6. The van der Waals surface area contributed by atoms with E-state index in [9.17, 15) is 0 Å². The summed E-state index contributed by atoms with van der Waals surface area (Å²) in [6, 6.07) is 0. The van der Waals surface area contributed by atoms with Crippen LogP contribution in [0.5, 0.6) is 0 Å². The van der Waals surface area contributed by atoms with Gasteiger partial charge in [-0.15, -0.1) is 12.3 Å². The van der Waals surface area contributed by atoms with Crippen molar-refractivity contribution in [2.75, 3.05) is 0 Å². The first-order chi connectivity index (χ1) is 3.27. The standard InChI is InChI=1S/C5H6/c1-2-5-3-4-5/h1,5H,3-4H2/i3D,4D. The molecule has 1 fully saturated rings. The van der Waals surface area contributed by atoms with E-state index < -0.39 is 0 Å². The lowest BCUT2D eigenvalue weighted by molar-refractivity contribution is 1.18. The van der Waals surface area contributed by atoms with E-state index in [1.165, 1.54) is 0 Å². The van der Waals surface area contributed by atoms with Crippen LogP contribution in [0.4, 0.5) is 0 Å². The second-order valence-electron chi connectivity index (χ2n) is 1.08. The highest BCUT2D eigenvalue weighted by Gasteiger charge is 2.16. The number of rotatable bonds is 0. The molecule has 0 heterocycles. The van der Waals surface area contributed by atoms with Gasteiger partial charge in [0.25, 0.3) is 0 Å². The lowest BCUT2D eigenvalue weighted by Gasteiger charge is -1.57. The third kappa shape index (κ3) is 0.417. The van der Waals surface area contributed by atoms with Crippen molar-refractivity contribution in [3.8, 4) is 12.3 Å². The van der Waals surface area contributed by atoms with Gasteiger partial charge in [-0.05, 0) is 12.8 Å². The van der Waals surface area contributed by atoms with Gasteiger partial charge < -0.3 is 0 Å². The molecule has 0 spiro atoms. The van der Waals surface area contributed by atoms with Gasteiger partial charge in [0.2, 0.25) is 0 Å². The molecule has 0 N–H and O–H groups in total. The Labute approximate surface area is 35.0 Å². The maximum atomic E-state index is 6.93. The van der Waals surface area contributed by atoms with Gasteiger partial charge in [0.05, 0.1) is 0 Å². The molecule has 0 aromatic rings. The molecule has 0 saturated heterocycles. The summed E-state index contributed by atoms with van der Waals surface area (Å²) < 4.78 is 13.9. The smallest absolute Gasteiger partial charge is 0.0280 e. The molecule has 1 saturated carbocycles. The lowest BCUT2D eigenvalue weighted by atomic mass is 10.5. The molecule has 0 aromatic heterocycles. The second kappa shape index (κ2) is 0.755. The first-order valence-electron chi connectivity index (χ1n) is 2.73. The Morgan fingerprint density at radius 3 is 2.60 bits per heavy atom. The summed E-state index contributed by atoms with van der Waals surface area (Å²) >= 11 is 0. The van der Waals surface area contributed by atoms with E-state index in [1.54, 1.807) is 0 Å². The van der Waals surface area contributed by atoms with Crippen LogP contribution in [-0.2, 0) is 0 Å². The molecule has 0 amide bonds. The average Bonchev–Trinajstić information content (AvgIpc) is 2.17. The topological polar surface area (TPSA) is 0 Å². The zero-order chi connectivity index (χ0) is 5.44. The van der Waals surface area contributed by atoms with Crippen LogP contribution in [0, 0.1) is 18.3 Å². The van der Waals surface area contributed by atoms with Crippen LogP contribution in [0.1, 0.15) is 15.5 Å². The molecule has 1 aliphatic rings. The van der Waals surface area contributed by atoms with E-state index in [0.717, 1.165) is 0 Å². The van der Waals surface area contributed by atoms with Gasteiger partial charge in [-0.3, -0.25) is 0 Å². The van der Waals surface area contributed by atoms with Crippen LogP contribution in [0.2, 0.25) is 0 Å². The first kappa shape index (κ1) is 1.34. The van der Waals surface area contributed by atoms with Crippen LogP contribution in [-0.4, -0.2) is 0 Å². The van der Waals surface area contributed by atoms with E-state index in [0.29, 0.717) is 0 Å². The van der Waals surface area contributed by atoms with Crippen molar-refractivity contribution in [3.05, 3.63) is 0 Å². The molecule has 0 nitrogen and oxygen atoms in total. The Hall–Kier alpha value is -0.440. The fraction of sp³-hybridized carbons (Fsp3) is 0.600. The Bertz CT molecular complexity index is 106. The highest BCUT2D eigenvalue weighted by atomic mass is 14.2. The Balaban J connectivity index is 2.42. The summed E-state index contributed by atoms with van der Waals surface area (Å²) in [6.07, 6.45) is 4.35. The third-order valence-corrected chi connectivity index (χ3v) is 0.577. The normalized spacial score (nSPS) is 67.4. The van der Waals surface area contributed by atoms with Crippen LogP contribution in [0.3, 0.4) is 0 Å².